The molecule has 1 aliphatic heterocycles. The second-order valence-corrected chi connectivity index (χ2v) is 4.36. The van der Waals surface area contributed by atoms with Crippen molar-refractivity contribution in [2.75, 3.05) is 13.1 Å². The third kappa shape index (κ3) is 3.47. The molecule has 2 N–H and O–H groups in total. The largest absolute Gasteiger partial charge is 0.471 e. The van der Waals surface area contributed by atoms with Crippen molar-refractivity contribution in [3.63, 3.8) is 0 Å². The van der Waals surface area contributed by atoms with Gasteiger partial charge in [0.15, 0.2) is 5.90 Å². The molecule has 1 heterocycles. The minimum atomic E-state index is -4.34. The molecule has 1 atom stereocenters. The molecule has 1 aromatic carbocycles. The lowest BCUT2D eigenvalue weighted by Gasteiger charge is -2.14. The smallest absolute Gasteiger partial charge is 0.416 e. The zero-order valence-electron chi connectivity index (χ0n) is 10.3. The first kappa shape index (κ1) is 13.9. The number of hydrogen-bond acceptors (Lipinski definition) is 3. The molecule has 0 amide bonds. The van der Waals surface area contributed by atoms with Crippen LogP contribution in [0.2, 0.25) is 0 Å². The van der Waals surface area contributed by atoms with Crippen LogP contribution in [0.5, 0.6) is 0 Å². The standard InChI is InChI=1S/C13H15F3N2O/c14-13(15,16)10-4-1-3-9(7-10)11-8-18-12(19-11)5-2-6-17/h1,3-4,7,11H,2,5-6,8,17H2. The van der Waals surface area contributed by atoms with Crippen LogP contribution in [0, 0.1) is 0 Å². The third-order valence-corrected chi connectivity index (χ3v) is 2.89. The molecule has 19 heavy (non-hydrogen) atoms. The Bertz CT molecular complexity index is 471. The molecule has 1 aliphatic rings. The average molecular weight is 272 g/mol. The monoisotopic (exact) mass is 272 g/mol. The van der Waals surface area contributed by atoms with Crippen LogP contribution < -0.4 is 5.73 Å². The average Bonchev–Trinajstić information content (AvgIpc) is 2.84. The SMILES string of the molecule is NCCCC1=NCC(c2cccc(C(F)(F)F)c2)O1. The van der Waals surface area contributed by atoms with Gasteiger partial charge in [0.1, 0.15) is 6.10 Å². The van der Waals surface area contributed by atoms with E-state index >= 15 is 0 Å². The van der Waals surface area contributed by atoms with Gasteiger partial charge < -0.3 is 10.5 Å². The molecule has 0 radical (unpaired) electrons. The number of hydrogen-bond donors (Lipinski definition) is 1. The van der Waals surface area contributed by atoms with Crippen LogP contribution >= 0.6 is 0 Å². The van der Waals surface area contributed by atoms with Crippen LogP contribution in [0.4, 0.5) is 13.2 Å². The van der Waals surface area contributed by atoms with E-state index in [-0.39, 0.29) is 0 Å². The summed E-state index contributed by atoms with van der Waals surface area (Å²) in [5.41, 5.74) is 5.22. The van der Waals surface area contributed by atoms with E-state index in [1.165, 1.54) is 6.07 Å². The maximum absolute atomic E-state index is 12.6. The van der Waals surface area contributed by atoms with E-state index in [1.54, 1.807) is 6.07 Å². The van der Waals surface area contributed by atoms with Crippen molar-refractivity contribution in [2.45, 2.75) is 25.1 Å². The van der Waals surface area contributed by atoms with E-state index in [2.05, 4.69) is 4.99 Å². The summed E-state index contributed by atoms with van der Waals surface area (Å²) in [7, 11) is 0. The van der Waals surface area contributed by atoms with Crippen LogP contribution in [0.1, 0.15) is 30.1 Å². The van der Waals surface area contributed by atoms with Crippen LogP contribution in [-0.2, 0) is 10.9 Å². The minimum Gasteiger partial charge on any atom is -0.471 e. The highest BCUT2D eigenvalue weighted by molar-refractivity contribution is 5.77. The topological polar surface area (TPSA) is 47.6 Å². The van der Waals surface area contributed by atoms with E-state index in [4.69, 9.17) is 10.5 Å². The molecule has 2 rings (SSSR count). The molecular formula is C13H15F3N2O. The zero-order valence-corrected chi connectivity index (χ0v) is 10.3. The Balaban J connectivity index is 2.05. The lowest BCUT2D eigenvalue weighted by molar-refractivity contribution is -0.137. The second kappa shape index (κ2) is 5.61. The molecule has 0 saturated heterocycles. The number of aliphatic imine (C=N–C) groups is 1. The molecule has 1 unspecified atom stereocenters. The summed E-state index contributed by atoms with van der Waals surface area (Å²) in [6.45, 7) is 0.901. The fourth-order valence-electron chi connectivity index (χ4n) is 1.90. The van der Waals surface area contributed by atoms with Gasteiger partial charge in [-0.1, -0.05) is 12.1 Å². The summed E-state index contributed by atoms with van der Waals surface area (Å²) in [5.74, 6) is 0.577. The Morgan fingerprint density at radius 2 is 2.16 bits per heavy atom. The second-order valence-electron chi connectivity index (χ2n) is 4.36. The predicted octanol–water partition coefficient (Wildman–Crippen LogP) is 2.91. The van der Waals surface area contributed by atoms with E-state index in [9.17, 15) is 13.2 Å². The van der Waals surface area contributed by atoms with Crippen LogP contribution in [0.3, 0.4) is 0 Å². The maximum atomic E-state index is 12.6. The first-order chi connectivity index (χ1) is 9.00. The Kier molecular flexibility index (Phi) is 4.09. The van der Waals surface area contributed by atoms with Gasteiger partial charge in [0.25, 0.3) is 0 Å². The van der Waals surface area contributed by atoms with E-state index in [1.807, 2.05) is 0 Å². The van der Waals surface area contributed by atoms with Crippen LogP contribution in [-0.4, -0.2) is 19.0 Å². The number of halogens is 3. The molecule has 0 bridgehead atoms. The van der Waals surface area contributed by atoms with Gasteiger partial charge in [-0.3, -0.25) is 4.99 Å². The summed E-state index contributed by atoms with van der Waals surface area (Å²) in [6.07, 6.45) is -3.37. The van der Waals surface area contributed by atoms with Gasteiger partial charge in [0.05, 0.1) is 12.1 Å². The Hall–Kier alpha value is -1.56. The summed E-state index contributed by atoms with van der Waals surface area (Å²) in [6, 6.07) is 5.18. The molecule has 0 aliphatic carbocycles. The number of benzene rings is 1. The number of rotatable bonds is 4. The van der Waals surface area contributed by atoms with Crippen LogP contribution in [0.15, 0.2) is 29.3 Å². The van der Waals surface area contributed by atoms with E-state index in [0.29, 0.717) is 31.0 Å². The summed E-state index contributed by atoms with van der Waals surface area (Å²) in [4.78, 5) is 4.18. The van der Waals surface area contributed by atoms with Crippen molar-refractivity contribution in [3.8, 4) is 0 Å². The normalized spacial score (nSPS) is 19.2. The van der Waals surface area contributed by atoms with E-state index < -0.39 is 17.8 Å². The Morgan fingerprint density at radius 3 is 2.84 bits per heavy atom. The van der Waals surface area contributed by atoms with Crippen molar-refractivity contribution in [3.05, 3.63) is 35.4 Å². The number of ether oxygens (including phenoxy) is 1. The molecule has 0 spiro atoms. The number of nitrogens with two attached hydrogens (primary N) is 1. The van der Waals surface area contributed by atoms with Crippen molar-refractivity contribution in [1.82, 2.24) is 0 Å². The first-order valence-corrected chi connectivity index (χ1v) is 6.08. The van der Waals surface area contributed by atoms with Gasteiger partial charge in [0, 0.05) is 6.42 Å². The van der Waals surface area contributed by atoms with Gasteiger partial charge in [-0.15, -0.1) is 0 Å². The Morgan fingerprint density at radius 1 is 1.37 bits per heavy atom. The minimum absolute atomic E-state index is 0.362. The fraction of sp³-hybridized carbons (Fsp3) is 0.462. The predicted molar refractivity (Wildman–Crippen MR) is 65.9 cm³/mol. The molecular weight excluding hydrogens is 257 g/mol. The molecule has 104 valence electrons. The highest BCUT2D eigenvalue weighted by Gasteiger charge is 2.31. The number of alkyl halides is 3. The van der Waals surface area contributed by atoms with Gasteiger partial charge >= 0.3 is 6.18 Å². The zero-order chi connectivity index (χ0) is 13.9. The van der Waals surface area contributed by atoms with Crippen molar-refractivity contribution < 1.29 is 17.9 Å². The van der Waals surface area contributed by atoms with Gasteiger partial charge in [-0.2, -0.15) is 13.2 Å². The third-order valence-electron chi connectivity index (χ3n) is 2.89. The molecule has 0 saturated carbocycles. The van der Waals surface area contributed by atoms with Crippen molar-refractivity contribution >= 4 is 5.90 Å². The van der Waals surface area contributed by atoms with Crippen molar-refractivity contribution in [1.29, 1.82) is 0 Å². The van der Waals surface area contributed by atoms with Crippen molar-refractivity contribution in [2.24, 2.45) is 10.7 Å². The highest BCUT2D eigenvalue weighted by atomic mass is 19.4. The molecule has 0 fully saturated rings. The fourth-order valence-corrected chi connectivity index (χ4v) is 1.90. The summed E-state index contributed by atoms with van der Waals surface area (Å²) in [5, 5.41) is 0. The first-order valence-electron chi connectivity index (χ1n) is 6.08. The summed E-state index contributed by atoms with van der Waals surface area (Å²) >= 11 is 0. The van der Waals surface area contributed by atoms with Gasteiger partial charge in [-0.25, -0.2) is 0 Å². The lowest BCUT2D eigenvalue weighted by atomic mass is 10.1. The molecule has 0 aromatic heterocycles. The molecule has 3 nitrogen and oxygen atoms in total. The summed E-state index contributed by atoms with van der Waals surface area (Å²) < 4.78 is 43.4. The van der Waals surface area contributed by atoms with Gasteiger partial charge in [-0.05, 0) is 30.7 Å². The van der Waals surface area contributed by atoms with E-state index in [0.717, 1.165) is 18.6 Å². The van der Waals surface area contributed by atoms with Gasteiger partial charge in [0.2, 0.25) is 0 Å². The van der Waals surface area contributed by atoms with Crippen LogP contribution in [0.25, 0.3) is 0 Å². The molecule has 1 aromatic rings. The Labute approximate surface area is 109 Å². The maximum Gasteiger partial charge on any atom is 0.416 e. The lowest BCUT2D eigenvalue weighted by Crippen LogP contribution is -2.10. The number of nitrogens with zero attached hydrogens (tertiary/aromatic N) is 1. The highest BCUT2D eigenvalue weighted by Crippen LogP contribution is 2.32. The molecule has 6 heteroatoms. The quantitative estimate of drug-likeness (QED) is 0.916.